The third-order valence-electron chi connectivity index (χ3n) is 5.95. The van der Waals surface area contributed by atoms with Crippen LogP contribution in [0.2, 0.25) is 0 Å². The maximum atomic E-state index is 13.5. The van der Waals surface area contributed by atoms with E-state index < -0.39 is 0 Å². The number of benzene rings is 2. The van der Waals surface area contributed by atoms with Gasteiger partial charge in [-0.25, -0.2) is 0 Å². The first-order valence-corrected chi connectivity index (χ1v) is 11.6. The van der Waals surface area contributed by atoms with E-state index in [1.165, 1.54) is 7.11 Å². The second-order valence-electron chi connectivity index (χ2n) is 8.29. The number of nitrogens with zero attached hydrogens (tertiary/aromatic N) is 1. The molecule has 8 nitrogen and oxygen atoms in total. The van der Waals surface area contributed by atoms with Gasteiger partial charge in [0.15, 0.2) is 28.8 Å². The molecule has 0 radical (unpaired) electrons. The number of ether oxygens (including phenoxy) is 5. The molecule has 0 aromatic heterocycles. The first-order valence-electron chi connectivity index (χ1n) is 11.6. The topological polar surface area (TPSA) is 83.5 Å². The Hall–Kier alpha value is -3.78. The molecule has 1 heterocycles. The highest BCUT2D eigenvalue weighted by atomic mass is 16.5. The van der Waals surface area contributed by atoms with Crippen molar-refractivity contribution < 1.29 is 33.3 Å². The lowest BCUT2D eigenvalue weighted by molar-refractivity contribution is -0.140. The number of Topliss-reactive ketones (excluding diaryl/α,β-unsaturated/α-hetero) is 1. The summed E-state index contributed by atoms with van der Waals surface area (Å²) in [4.78, 5) is 27.3. The molecule has 1 fully saturated rings. The maximum Gasteiger partial charge on any atom is 0.305 e. The summed E-state index contributed by atoms with van der Waals surface area (Å²) in [6.07, 6.45) is 4.71. The number of ketones is 1. The van der Waals surface area contributed by atoms with E-state index in [1.807, 2.05) is 48.6 Å². The Morgan fingerprint density at radius 1 is 0.778 bits per heavy atom. The number of hydrogen-bond donors (Lipinski definition) is 0. The lowest BCUT2D eigenvalue weighted by Gasteiger charge is -2.29. The van der Waals surface area contributed by atoms with Crippen LogP contribution >= 0.6 is 0 Å². The number of carbonyl (C=O) groups excluding carboxylic acids is 2. The molecule has 0 spiro atoms. The van der Waals surface area contributed by atoms with Crippen molar-refractivity contribution in [1.29, 1.82) is 0 Å². The molecule has 3 rings (SSSR count). The van der Waals surface area contributed by atoms with Gasteiger partial charge in [-0.05, 0) is 60.5 Å². The van der Waals surface area contributed by atoms with Crippen molar-refractivity contribution in [3.63, 3.8) is 0 Å². The van der Waals surface area contributed by atoms with Gasteiger partial charge in [-0.15, -0.1) is 0 Å². The zero-order chi connectivity index (χ0) is 26.1. The predicted octanol–water partition coefficient (Wildman–Crippen LogP) is 4.03. The Bertz CT molecular complexity index is 1080. The minimum absolute atomic E-state index is 0.0243. The minimum atomic E-state index is -0.245. The van der Waals surface area contributed by atoms with Gasteiger partial charge in [-0.3, -0.25) is 14.5 Å². The summed E-state index contributed by atoms with van der Waals surface area (Å²) in [5, 5.41) is 0. The molecule has 2 aromatic rings. The van der Waals surface area contributed by atoms with E-state index in [0.29, 0.717) is 66.6 Å². The summed E-state index contributed by atoms with van der Waals surface area (Å²) < 4.78 is 26.2. The Morgan fingerprint density at radius 3 is 1.67 bits per heavy atom. The number of likely N-dealkylation sites (tertiary alicyclic amines) is 1. The molecule has 0 amide bonds. The van der Waals surface area contributed by atoms with Crippen LogP contribution in [0, 0.1) is 0 Å². The molecule has 2 aromatic carbocycles. The number of rotatable bonds is 10. The van der Waals surface area contributed by atoms with Crippen molar-refractivity contribution in [2.24, 2.45) is 0 Å². The van der Waals surface area contributed by atoms with Crippen molar-refractivity contribution >= 4 is 23.9 Å². The van der Waals surface area contributed by atoms with Crippen LogP contribution in [0.3, 0.4) is 0 Å². The second-order valence-corrected chi connectivity index (χ2v) is 8.29. The molecule has 0 N–H and O–H groups in total. The van der Waals surface area contributed by atoms with Gasteiger partial charge < -0.3 is 23.7 Å². The van der Waals surface area contributed by atoms with Gasteiger partial charge in [0.2, 0.25) is 0 Å². The number of methoxy groups -OCH3 is 5. The molecule has 1 aliphatic rings. The second kappa shape index (κ2) is 12.8. The monoisotopic (exact) mass is 495 g/mol. The highest BCUT2D eigenvalue weighted by molar-refractivity contribution is 6.14. The fourth-order valence-electron chi connectivity index (χ4n) is 4.10. The zero-order valence-corrected chi connectivity index (χ0v) is 21.5. The number of carbonyl (C=O) groups is 2. The Labute approximate surface area is 212 Å². The summed E-state index contributed by atoms with van der Waals surface area (Å²) in [5.74, 6) is 2.15. The van der Waals surface area contributed by atoms with Crippen LogP contribution < -0.4 is 18.9 Å². The largest absolute Gasteiger partial charge is 0.493 e. The maximum absolute atomic E-state index is 13.5. The van der Waals surface area contributed by atoms with Crippen molar-refractivity contribution in [3.8, 4) is 23.0 Å². The number of esters is 1. The van der Waals surface area contributed by atoms with E-state index in [4.69, 9.17) is 23.7 Å². The fraction of sp³-hybridized carbons (Fsp3) is 0.357. The molecule has 0 atom stereocenters. The lowest BCUT2D eigenvalue weighted by atomic mass is 9.94. The average molecular weight is 496 g/mol. The fourth-order valence-corrected chi connectivity index (χ4v) is 4.10. The molecule has 1 saturated heterocycles. The van der Waals surface area contributed by atoms with Crippen LogP contribution in [0.4, 0.5) is 0 Å². The molecule has 0 aliphatic carbocycles. The Morgan fingerprint density at radius 2 is 1.25 bits per heavy atom. The first kappa shape index (κ1) is 26.8. The van der Waals surface area contributed by atoms with Gasteiger partial charge >= 0.3 is 5.97 Å². The van der Waals surface area contributed by atoms with Gasteiger partial charge in [0, 0.05) is 30.7 Å². The first-order chi connectivity index (χ1) is 17.4. The molecule has 1 aliphatic heterocycles. The van der Waals surface area contributed by atoms with Crippen molar-refractivity contribution in [3.05, 3.63) is 58.7 Å². The van der Waals surface area contributed by atoms with Gasteiger partial charge in [-0.1, -0.05) is 12.1 Å². The Kier molecular flexibility index (Phi) is 9.53. The van der Waals surface area contributed by atoms with E-state index in [9.17, 15) is 9.59 Å². The highest BCUT2D eigenvalue weighted by Gasteiger charge is 2.26. The SMILES string of the molecule is COC(=O)CCCN1C/C(=C/c2ccc(OC)c(OC)c2)C(=O)/C(=C/c2ccc(OC)c(OC)c2)C1. The standard InChI is InChI=1S/C28H33NO7/c1-32-23-10-8-19(15-25(23)34-3)13-21-17-29(12-6-7-27(30)36-5)18-22(28(21)31)14-20-9-11-24(33-2)26(16-20)35-4/h8-11,13-16H,6-7,12,17-18H2,1-5H3/b21-13-,22-14+. The average Bonchev–Trinajstić information content (AvgIpc) is 2.90. The third-order valence-corrected chi connectivity index (χ3v) is 5.95. The van der Waals surface area contributed by atoms with Gasteiger partial charge in [0.25, 0.3) is 0 Å². The van der Waals surface area contributed by atoms with E-state index >= 15 is 0 Å². The summed E-state index contributed by atoms with van der Waals surface area (Å²) in [7, 11) is 7.70. The van der Waals surface area contributed by atoms with E-state index in [0.717, 1.165) is 11.1 Å². The minimum Gasteiger partial charge on any atom is -0.493 e. The smallest absolute Gasteiger partial charge is 0.305 e. The zero-order valence-electron chi connectivity index (χ0n) is 21.5. The molecule has 8 heteroatoms. The quantitative estimate of drug-likeness (QED) is 0.361. The molecular weight excluding hydrogens is 462 g/mol. The van der Waals surface area contributed by atoms with Crippen LogP contribution in [-0.4, -0.2) is 71.8 Å². The van der Waals surface area contributed by atoms with Crippen molar-refractivity contribution in [2.75, 3.05) is 55.2 Å². The molecular formula is C28H33NO7. The van der Waals surface area contributed by atoms with Gasteiger partial charge in [0.1, 0.15) is 0 Å². The van der Waals surface area contributed by atoms with Crippen molar-refractivity contribution in [2.45, 2.75) is 12.8 Å². The summed E-state index contributed by atoms with van der Waals surface area (Å²) in [5.41, 5.74) is 2.97. The highest BCUT2D eigenvalue weighted by Crippen LogP contribution is 2.31. The van der Waals surface area contributed by atoms with Crippen LogP contribution in [0.5, 0.6) is 23.0 Å². The number of piperidine rings is 1. The van der Waals surface area contributed by atoms with Crippen LogP contribution in [0.15, 0.2) is 47.5 Å². The molecule has 36 heavy (non-hydrogen) atoms. The van der Waals surface area contributed by atoms with Gasteiger partial charge in [0.05, 0.1) is 35.5 Å². The third kappa shape index (κ3) is 6.66. The Balaban J connectivity index is 1.94. The van der Waals surface area contributed by atoms with E-state index in [2.05, 4.69) is 4.90 Å². The molecule has 192 valence electrons. The summed E-state index contributed by atoms with van der Waals surface area (Å²) in [6, 6.07) is 11.1. The van der Waals surface area contributed by atoms with Crippen LogP contribution in [0.1, 0.15) is 24.0 Å². The molecule has 0 bridgehead atoms. The normalized spacial score (nSPS) is 16.2. The summed E-state index contributed by atoms with van der Waals surface area (Å²) in [6.45, 7) is 1.59. The van der Waals surface area contributed by atoms with Crippen LogP contribution in [-0.2, 0) is 14.3 Å². The summed E-state index contributed by atoms with van der Waals surface area (Å²) >= 11 is 0. The van der Waals surface area contributed by atoms with E-state index in [1.54, 1.807) is 28.4 Å². The molecule has 0 unspecified atom stereocenters. The predicted molar refractivity (Wildman–Crippen MR) is 138 cm³/mol. The number of hydrogen-bond acceptors (Lipinski definition) is 8. The van der Waals surface area contributed by atoms with Crippen molar-refractivity contribution in [1.82, 2.24) is 4.90 Å². The lowest BCUT2D eigenvalue weighted by Crippen LogP contribution is -2.38. The molecule has 0 saturated carbocycles. The van der Waals surface area contributed by atoms with Crippen LogP contribution in [0.25, 0.3) is 12.2 Å². The van der Waals surface area contributed by atoms with E-state index in [-0.39, 0.29) is 11.8 Å². The van der Waals surface area contributed by atoms with Gasteiger partial charge in [-0.2, -0.15) is 0 Å².